The zero-order chi connectivity index (χ0) is 24.7. The number of piperidine rings is 1. The van der Waals surface area contributed by atoms with Gasteiger partial charge in [0.1, 0.15) is 0 Å². The van der Waals surface area contributed by atoms with Crippen LogP contribution in [0.5, 0.6) is 0 Å². The molecule has 2 N–H and O–H groups in total. The Balaban J connectivity index is 1.14. The fourth-order valence-electron chi connectivity index (χ4n) is 5.04. The van der Waals surface area contributed by atoms with Crippen molar-refractivity contribution in [3.8, 4) is 11.3 Å². The van der Waals surface area contributed by atoms with Crippen LogP contribution in [0.2, 0.25) is 0 Å². The third kappa shape index (κ3) is 5.89. The highest BCUT2D eigenvalue weighted by Gasteiger charge is 2.20. The molecule has 2 heterocycles. The van der Waals surface area contributed by atoms with Gasteiger partial charge in [0, 0.05) is 30.1 Å². The molecule has 0 bridgehead atoms. The highest BCUT2D eigenvalue weighted by atomic mass is 16.1. The number of hydrogen-bond acceptors (Lipinski definition) is 5. The van der Waals surface area contributed by atoms with Crippen molar-refractivity contribution in [1.82, 2.24) is 14.9 Å². The number of hydrogen-bond donors (Lipinski definition) is 2. The van der Waals surface area contributed by atoms with Gasteiger partial charge in [0.15, 0.2) is 0 Å². The van der Waals surface area contributed by atoms with E-state index in [1.807, 2.05) is 48.5 Å². The summed E-state index contributed by atoms with van der Waals surface area (Å²) in [6, 6.07) is 26.8. The average molecular weight is 480 g/mol. The third-order valence-corrected chi connectivity index (χ3v) is 6.85. The molecule has 0 atom stereocenters. The van der Waals surface area contributed by atoms with E-state index < -0.39 is 0 Å². The number of carbonyl (C=O) groups is 1. The SMILES string of the molecule is CC(=O)Nc1cccc(C2CCN(CCCNc3nc(-c4ccccc4)c4ccccc4n3)CC2)c1. The monoisotopic (exact) mass is 479 g/mol. The second kappa shape index (κ2) is 11.3. The van der Waals surface area contributed by atoms with Crippen molar-refractivity contribution >= 4 is 28.4 Å². The maximum absolute atomic E-state index is 11.4. The number of anilines is 2. The largest absolute Gasteiger partial charge is 0.354 e. The lowest BCUT2D eigenvalue weighted by Gasteiger charge is -2.32. The minimum Gasteiger partial charge on any atom is -0.354 e. The molecule has 4 aromatic rings. The van der Waals surface area contributed by atoms with Crippen LogP contribution in [-0.2, 0) is 4.79 Å². The number of nitrogens with zero attached hydrogens (tertiary/aromatic N) is 3. The van der Waals surface area contributed by atoms with Gasteiger partial charge in [0.2, 0.25) is 11.9 Å². The molecule has 0 unspecified atom stereocenters. The van der Waals surface area contributed by atoms with E-state index in [1.54, 1.807) is 6.92 Å². The van der Waals surface area contributed by atoms with Gasteiger partial charge in [-0.25, -0.2) is 9.97 Å². The van der Waals surface area contributed by atoms with Crippen LogP contribution >= 0.6 is 0 Å². The molecule has 1 aliphatic heterocycles. The van der Waals surface area contributed by atoms with E-state index in [4.69, 9.17) is 9.97 Å². The Kier molecular flexibility index (Phi) is 7.52. The Labute approximate surface area is 212 Å². The van der Waals surface area contributed by atoms with Crippen molar-refractivity contribution in [1.29, 1.82) is 0 Å². The van der Waals surface area contributed by atoms with E-state index in [0.29, 0.717) is 11.9 Å². The van der Waals surface area contributed by atoms with Crippen LogP contribution in [0.1, 0.15) is 37.7 Å². The van der Waals surface area contributed by atoms with Crippen molar-refractivity contribution < 1.29 is 4.79 Å². The van der Waals surface area contributed by atoms with Gasteiger partial charge in [-0.1, -0.05) is 60.7 Å². The van der Waals surface area contributed by atoms with Gasteiger partial charge in [-0.3, -0.25) is 4.79 Å². The predicted molar refractivity (Wildman–Crippen MR) is 147 cm³/mol. The summed E-state index contributed by atoms with van der Waals surface area (Å²) < 4.78 is 0. The van der Waals surface area contributed by atoms with Crippen LogP contribution in [-0.4, -0.2) is 47.0 Å². The first-order valence-corrected chi connectivity index (χ1v) is 12.8. The molecule has 6 heteroatoms. The lowest BCUT2D eigenvalue weighted by molar-refractivity contribution is -0.114. The minimum atomic E-state index is -0.0269. The number of rotatable bonds is 8. The molecule has 1 aliphatic rings. The number of para-hydroxylation sites is 1. The predicted octanol–water partition coefficient (Wildman–Crippen LogP) is 5.94. The molecular formula is C30H33N5O. The Morgan fingerprint density at radius 1 is 0.944 bits per heavy atom. The van der Waals surface area contributed by atoms with Crippen LogP contribution in [0.4, 0.5) is 11.6 Å². The molecule has 5 rings (SSSR count). The number of nitrogens with one attached hydrogen (secondary N) is 2. The molecule has 0 saturated carbocycles. The van der Waals surface area contributed by atoms with E-state index in [9.17, 15) is 4.79 Å². The zero-order valence-electron chi connectivity index (χ0n) is 20.8. The standard InChI is InChI=1S/C30H33N5O/c1-22(36)32-26-12-7-11-25(21-26)23-15-19-35(20-16-23)18-8-17-31-30-33-28-14-6-5-13-27(28)29(34-30)24-9-3-2-4-10-24/h2-7,9-14,21,23H,8,15-20H2,1H3,(H,32,36)(H,31,33,34). The van der Waals surface area contributed by atoms with Gasteiger partial charge in [-0.05, 0) is 68.6 Å². The van der Waals surface area contributed by atoms with Gasteiger partial charge in [0.05, 0.1) is 11.2 Å². The van der Waals surface area contributed by atoms with Crippen molar-refractivity contribution in [3.05, 3.63) is 84.4 Å². The molecule has 6 nitrogen and oxygen atoms in total. The Morgan fingerprint density at radius 3 is 2.53 bits per heavy atom. The van der Waals surface area contributed by atoms with Crippen LogP contribution in [0.25, 0.3) is 22.2 Å². The molecule has 1 aromatic heterocycles. The Morgan fingerprint density at radius 2 is 1.72 bits per heavy atom. The molecule has 1 amide bonds. The summed E-state index contributed by atoms with van der Waals surface area (Å²) in [4.78, 5) is 23.5. The topological polar surface area (TPSA) is 70.2 Å². The number of aromatic nitrogens is 2. The summed E-state index contributed by atoms with van der Waals surface area (Å²) in [7, 11) is 0. The summed E-state index contributed by atoms with van der Waals surface area (Å²) in [6.07, 6.45) is 3.33. The van der Waals surface area contributed by atoms with Crippen molar-refractivity contribution in [3.63, 3.8) is 0 Å². The normalized spacial score (nSPS) is 14.6. The van der Waals surface area contributed by atoms with Gasteiger partial charge in [-0.15, -0.1) is 0 Å². The van der Waals surface area contributed by atoms with E-state index in [0.717, 1.165) is 73.3 Å². The van der Waals surface area contributed by atoms with Gasteiger partial charge in [0.25, 0.3) is 0 Å². The van der Waals surface area contributed by atoms with Crippen LogP contribution in [0.15, 0.2) is 78.9 Å². The quantitative estimate of drug-likeness (QED) is 0.306. The number of likely N-dealkylation sites (tertiary alicyclic amines) is 1. The Hall–Kier alpha value is -3.77. The molecule has 0 aliphatic carbocycles. The first-order chi connectivity index (χ1) is 17.7. The van der Waals surface area contributed by atoms with Crippen LogP contribution < -0.4 is 10.6 Å². The highest BCUT2D eigenvalue weighted by Crippen LogP contribution is 2.30. The van der Waals surface area contributed by atoms with Gasteiger partial charge in [-0.2, -0.15) is 0 Å². The summed E-state index contributed by atoms with van der Waals surface area (Å²) >= 11 is 0. The Bertz CT molecular complexity index is 1320. The molecule has 36 heavy (non-hydrogen) atoms. The smallest absolute Gasteiger partial charge is 0.223 e. The first-order valence-electron chi connectivity index (χ1n) is 12.8. The molecule has 184 valence electrons. The summed E-state index contributed by atoms with van der Waals surface area (Å²) in [6.45, 7) is 5.64. The van der Waals surface area contributed by atoms with E-state index >= 15 is 0 Å². The lowest BCUT2D eigenvalue weighted by atomic mass is 9.89. The second-order valence-electron chi connectivity index (χ2n) is 9.48. The molecule has 1 fully saturated rings. The third-order valence-electron chi connectivity index (χ3n) is 6.85. The fourth-order valence-corrected chi connectivity index (χ4v) is 5.04. The number of amides is 1. The lowest BCUT2D eigenvalue weighted by Crippen LogP contribution is -2.34. The van der Waals surface area contributed by atoms with Gasteiger partial charge >= 0.3 is 0 Å². The maximum Gasteiger partial charge on any atom is 0.223 e. The van der Waals surface area contributed by atoms with Gasteiger partial charge < -0.3 is 15.5 Å². The fraction of sp³-hybridized carbons (Fsp3) is 0.300. The molecule has 1 saturated heterocycles. The first kappa shape index (κ1) is 23.9. The molecule has 3 aromatic carbocycles. The van der Waals surface area contributed by atoms with Crippen molar-refractivity contribution in [2.24, 2.45) is 0 Å². The molecule has 0 spiro atoms. The van der Waals surface area contributed by atoms with E-state index in [2.05, 4.69) is 45.9 Å². The van der Waals surface area contributed by atoms with Crippen molar-refractivity contribution in [2.45, 2.75) is 32.1 Å². The minimum absolute atomic E-state index is 0.0269. The van der Waals surface area contributed by atoms with Crippen LogP contribution in [0, 0.1) is 0 Å². The average Bonchev–Trinajstić information content (AvgIpc) is 2.91. The second-order valence-corrected chi connectivity index (χ2v) is 9.48. The number of carbonyl (C=O) groups excluding carboxylic acids is 1. The highest BCUT2D eigenvalue weighted by molar-refractivity contribution is 5.93. The molecular weight excluding hydrogens is 446 g/mol. The zero-order valence-corrected chi connectivity index (χ0v) is 20.8. The van der Waals surface area contributed by atoms with E-state index in [-0.39, 0.29) is 5.91 Å². The summed E-state index contributed by atoms with van der Waals surface area (Å²) in [5.74, 6) is 1.21. The van der Waals surface area contributed by atoms with E-state index in [1.165, 1.54) is 5.56 Å². The van der Waals surface area contributed by atoms with Crippen molar-refractivity contribution in [2.75, 3.05) is 36.8 Å². The molecule has 0 radical (unpaired) electrons. The maximum atomic E-state index is 11.4. The number of fused-ring (bicyclic) bond motifs is 1. The van der Waals surface area contributed by atoms with Crippen LogP contribution in [0.3, 0.4) is 0 Å². The summed E-state index contributed by atoms with van der Waals surface area (Å²) in [5.41, 5.74) is 5.24. The number of benzene rings is 3. The summed E-state index contributed by atoms with van der Waals surface area (Å²) in [5, 5.41) is 7.43.